The predicted molar refractivity (Wildman–Crippen MR) is 48.3 cm³/mol. The molecule has 1 aliphatic heterocycles. The monoisotopic (exact) mass is 218 g/mol. The minimum atomic E-state index is -3.03. The average Bonchev–Trinajstić information content (AvgIpc) is 2.83. The van der Waals surface area contributed by atoms with E-state index in [9.17, 15) is 4.57 Å². The molecule has 5 heteroatoms. The number of fused-ring (bicyclic) bond motifs is 2. The molecule has 3 unspecified atom stereocenters. The van der Waals surface area contributed by atoms with Crippen molar-refractivity contribution in [2.45, 2.75) is 6.42 Å². The molecule has 1 heterocycles. The van der Waals surface area contributed by atoms with Crippen molar-refractivity contribution in [2.24, 2.45) is 11.8 Å². The van der Waals surface area contributed by atoms with Crippen molar-refractivity contribution < 1.29 is 13.6 Å². The van der Waals surface area contributed by atoms with Crippen LogP contribution < -0.4 is 0 Å². The maximum atomic E-state index is 11.7. The van der Waals surface area contributed by atoms with Gasteiger partial charge in [-0.05, 0) is 18.4 Å². The highest BCUT2D eigenvalue weighted by Gasteiger charge is 2.50. The number of rotatable bonds is 1. The van der Waals surface area contributed by atoms with E-state index in [0.717, 1.165) is 12.2 Å². The summed E-state index contributed by atoms with van der Waals surface area (Å²) in [6, 6.07) is 0. The lowest BCUT2D eigenvalue weighted by Crippen LogP contribution is -1.93. The van der Waals surface area contributed by atoms with Gasteiger partial charge in [0.1, 0.15) is 5.62 Å². The standard InChI is InChI=1S/C8H8ClO3P/c9-4-13(10)11-7-2-1-5-3-6(5)8(7)12-13/h1-2,5-6H,3-4H2. The van der Waals surface area contributed by atoms with Gasteiger partial charge in [-0.3, -0.25) is 0 Å². The Bertz CT molecular complexity index is 374. The molecule has 0 spiro atoms. The van der Waals surface area contributed by atoms with Gasteiger partial charge >= 0.3 is 7.60 Å². The summed E-state index contributed by atoms with van der Waals surface area (Å²) in [5.74, 6) is 2.36. The third-order valence-electron chi connectivity index (χ3n) is 2.54. The first-order valence-corrected chi connectivity index (χ1v) is 6.45. The molecule has 0 aromatic rings. The van der Waals surface area contributed by atoms with Crippen LogP contribution in [-0.2, 0) is 13.6 Å². The van der Waals surface area contributed by atoms with E-state index in [0.29, 0.717) is 17.6 Å². The van der Waals surface area contributed by atoms with Gasteiger partial charge < -0.3 is 9.05 Å². The van der Waals surface area contributed by atoms with Crippen molar-refractivity contribution in [2.75, 3.05) is 5.62 Å². The van der Waals surface area contributed by atoms with Crippen molar-refractivity contribution in [3.8, 4) is 0 Å². The Kier molecular flexibility index (Phi) is 1.43. The van der Waals surface area contributed by atoms with Crippen LogP contribution in [0.25, 0.3) is 0 Å². The molecule has 3 rings (SSSR count). The van der Waals surface area contributed by atoms with Gasteiger partial charge in [0.25, 0.3) is 0 Å². The minimum absolute atomic E-state index is 0.0781. The summed E-state index contributed by atoms with van der Waals surface area (Å²) < 4.78 is 22.1. The fourth-order valence-electron chi connectivity index (χ4n) is 1.76. The lowest BCUT2D eigenvalue weighted by Gasteiger charge is -2.06. The average molecular weight is 219 g/mol. The molecule has 3 nitrogen and oxygen atoms in total. The summed E-state index contributed by atoms with van der Waals surface area (Å²) in [5, 5.41) is 0. The Morgan fingerprint density at radius 3 is 3.23 bits per heavy atom. The molecule has 13 heavy (non-hydrogen) atoms. The zero-order valence-corrected chi connectivity index (χ0v) is 8.42. The van der Waals surface area contributed by atoms with Gasteiger partial charge in [0.05, 0.1) is 0 Å². The van der Waals surface area contributed by atoms with Crippen molar-refractivity contribution in [1.82, 2.24) is 0 Å². The molecular formula is C8H8ClO3P. The van der Waals surface area contributed by atoms with Crippen LogP contribution in [0.1, 0.15) is 6.42 Å². The third-order valence-corrected chi connectivity index (χ3v) is 4.66. The van der Waals surface area contributed by atoms with Crippen LogP contribution in [0.3, 0.4) is 0 Å². The van der Waals surface area contributed by atoms with E-state index < -0.39 is 7.60 Å². The maximum absolute atomic E-state index is 11.7. The van der Waals surface area contributed by atoms with E-state index in [-0.39, 0.29) is 5.62 Å². The highest BCUT2D eigenvalue weighted by Crippen LogP contribution is 2.65. The minimum Gasteiger partial charge on any atom is -0.416 e. The third kappa shape index (κ3) is 1.07. The first kappa shape index (κ1) is 7.95. The Morgan fingerprint density at radius 1 is 1.62 bits per heavy atom. The summed E-state index contributed by atoms with van der Waals surface area (Å²) in [7, 11) is -3.03. The van der Waals surface area contributed by atoms with Gasteiger partial charge in [-0.1, -0.05) is 6.08 Å². The van der Waals surface area contributed by atoms with Crippen molar-refractivity contribution in [1.29, 1.82) is 0 Å². The highest BCUT2D eigenvalue weighted by molar-refractivity contribution is 7.56. The van der Waals surface area contributed by atoms with Gasteiger partial charge in [0.15, 0.2) is 11.5 Å². The van der Waals surface area contributed by atoms with Crippen molar-refractivity contribution in [3.05, 3.63) is 23.7 Å². The first-order valence-electron chi connectivity index (χ1n) is 4.18. The van der Waals surface area contributed by atoms with Crippen LogP contribution in [-0.4, -0.2) is 5.62 Å². The van der Waals surface area contributed by atoms with Crippen LogP contribution in [0, 0.1) is 11.8 Å². The Morgan fingerprint density at radius 2 is 2.46 bits per heavy atom. The molecular weight excluding hydrogens is 211 g/mol. The predicted octanol–water partition coefficient (Wildman–Crippen LogP) is 2.84. The first-order chi connectivity index (χ1) is 6.22. The van der Waals surface area contributed by atoms with Crippen LogP contribution in [0.4, 0.5) is 0 Å². The summed E-state index contributed by atoms with van der Waals surface area (Å²) in [6.45, 7) is 0. The van der Waals surface area contributed by atoms with E-state index in [1.165, 1.54) is 0 Å². The molecule has 3 atom stereocenters. The molecule has 3 aliphatic rings. The van der Waals surface area contributed by atoms with E-state index >= 15 is 0 Å². The van der Waals surface area contributed by atoms with Crippen molar-refractivity contribution in [3.63, 3.8) is 0 Å². The zero-order chi connectivity index (χ0) is 9.05. The normalized spacial score (nSPS) is 45.0. The van der Waals surface area contributed by atoms with Gasteiger partial charge in [-0.15, -0.1) is 11.6 Å². The number of halogens is 1. The largest absolute Gasteiger partial charge is 0.445 e. The van der Waals surface area contributed by atoms with Gasteiger partial charge in [0, 0.05) is 5.92 Å². The number of allylic oxidation sites excluding steroid dienone is 3. The summed E-state index contributed by atoms with van der Waals surface area (Å²) >= 11 is 5.51. The second-order valence-electron chi connectivity index (χ2n) is 3.51. The molecule has 1 fully saturated rings. The van der Waals surface area contributed by atoms with Crippen LogP contribution >= 0.6 is 19.2 Å². The number of hydrogen-bond acceptors (Lipinski definition) is 3. The van der Waals surface area contributed by atoms with Crippen LogP contribution in [0.5, 0.6) is 0 Å². The number of alkyl halides is 1. The lowest BCUT2D eigenvalue weighted by molar-refractivity contribution is 0.352. The highest BCUT2D eigenvalue weighted by atomic mass is 35.5. The van der Waals surface area contributed by atoms with E-state index in [1.807, 2.05) is 6.08 Å². The molecule has 0 aromatic carbocycles. The molecule has 0 bridgehead atoms. The molecule has 2 aliphatic carbocycles. The summed E-state index contributed by atoms with van der Waals surface area (Å²) in [4.78, 5) is 0. The van der Waals surface area contributed by atoms with Crippen LogP contribution in [0.2, 0.25) is 0 Å². The zero-order valence-electron chi connectivity index (χ0n) is 6.77. The molecule has 0 amide bonds. The SMILES string of the molecule is O=P1(CCl)OC2=C(O1)C1CC1C=C2. The Balaban J connectivity index is 1.95. The topological polar surface area (TPSA) is 35.5 Å². The molecule has 70 valence electrons. The fourth-order valence-corrected chi connectivity index (χ4v) is 3.16. The molecule has 0 radical (unpaired) electrons. The summed E-state index contributed by atoms with van der Waals surface area (Å²) in [5.41, 5.74) is -0.0781. The molecule has 0 N–H and O–H groups in total. The Hall–Kier alpha value is -0.400. The Labute approximate surface area is 80.9 Å². The quantitative estimate of drug-likeness (QED) is 0.502. The smallest absolute Gasteiger partial charge is 0.416 e. The van der Waals surface area contributed by atoms with E-state index in [2.05, 4.69) is 6.08 Å². The van der Waals surface area contributed by atoms with Gasteiger partial charge in [-0.25, -0.2) is 4.57 Å². The van der Waals surface area contributed by atoms with E-state index in [4.69, 9.17) is 20.6 Å². The van der Waals surface area contributed by atoms with Gasteiger partial charge in [0.2, 0.25) is 0 Å². The fraction of sp³-hybridized carbons (Fsp3) is 0.500. The maximum Gasteiger partial charge on any atom is 0.445 e. The van der Waals surface area contributed by atoms with Crippen molar-refractivity contribution >= 4 is 19.2 Å². The number of hydrogen-bond donors (Lipinski definition) is 0. The molecule has 0 saturated heterocycles. The van der Waals surface area contributed by atoms with E-state index in [1.54, 1.807) is 0 Å². The lowest BCUT2D eigenvalue weighted by atomic mass is 10.1. The molecule has 0 aromatic heterocycles. The second kappa shape index (κ2) is 2.34. The second-order valence-corrected chi connectivity index (χ2v) is 6.05. The summed E-state index contributed by atoms with van der Waals surface area (Å²) in [6.07, 6.45) is 5.01. The molecule has 1 saturated carbocycles. The van der Waals surface area contributed by atoms with Crippen LogP contribution in [0.15, 0.2) is 23.7 Å². The van der Waals surface area contributed by atoms with Gasteiger partial charge in [-0.2, -0.15) is 0 Å².